The molecule has 0 aromatic carbocycles. The Hall–Kier alpha value is -2.04. The molecule has 0 fully saturated rings. The lowest BCUT2D eigenvalue weighted by Gasteiger charge is -2.02. The summed E-state index contributed by atoms with van der Waals surface area (Å²) in [6, 6.07) is 1.85. The molecule has 0 saturated heterocycles. The highest BCUT2D eigenvalue weighted by molar-refractivity contribution is 5.41. The normalized spacial score (nSPS) is 10.3. The van der Waals surface area contributed by atoms with Crippen LogP contribution >= 0.6 is 0 Å². The van der Waals surface area contributed by atoms with Crippen molar-refractivity contribution < 1.29 is 4.74 Å². The molecule has 0 aliphatic rings. The van der Waals surface area contributed by atoms with Crippen LogP contribution in [0, 0.1) is 6.92 Å². The molecule has 5 nitrogen and oxygen atoms in total. The quantitative estimate of drug-likeness (QED) is 0.797. The number of aromatic nitrogens is 3. The molecule has 0 atom stereocenters. The van der Waals surface area contributed by atoms with Crippen LogP contribution < -0.4 is 10.5 Å². The van der Waals surface area contributed by atoms with Gasteiger partial charge >= 0.3 is 0 Å². The van der Waals surface area contributed by atoms with E-state index in [2.05, 4.69) is 10.1 Å². The summed E-state index contributed by atoms with van der Waals surface area (Å²) in [4.78, 5) is 4.04. The lowest BCUT2D eigenvalue weighted by atomic mass is 10.4. The predicted octanol–water partition coefficient (Wildman–Crippen LogP) is 1.17. The minimum Gasteiger partial charge on any atom is -0.495 e. The summed E-state index contributed by atoms with van der Waals surface area (Å²) in [7, 11) is 1.60. The Bertz CT molecular complexity index is 459. The van der Waals surface area contributed by atoms with E-state index < -0.39 is 0 Å². The van der Waals surface area contributed by atoms with Gasteiger partial charge in [-0.05, 0) is 6.92 Å². The standard InChI is InChI=1S/C10H12N4O/c1-7-6-14(13-10(7)11)8-3-9(15-2)5-12-4-8/h3-6H,1-2H3,(H2,11,13). The number of nitrogens with zero attached hydrogens (tertiary/aromatic N) is 3. The molecule has 0 aliphatic heterocycles. The first kappa shape index (κ1) is 9.51. The number of methoxy groups -OCH3 is 1. The third kappa shape index (κ3) is 1.76. The van der Waals surface area contributed by atoms with Gasteiger partial charge in [0.15, 0.2) is 0 Å². The van der Waals surface area contributed by atoms with Gasteiger partial charge in [0, 0.05) is 17.8 Å². The Kier molecular flexibility index (Phi) is 2.29. The molecule has 0 saturated carbocycles. The summed E-state index contributed by atoms with van der Waals surface area (Å²) >= 11 is 0. The Morgan fingerprint density at radius 1 is 1.40 bits per heavy atom. The van der Waals surface area contributed by atoms with Crippen LogP contribution in [0.4, 0.5) is 5.82 Å². The van der Waals surface area contributed by atoms with E-state index >= 15 is 0 Å². The van der Waals surface area contributed by atoms with Gasteiger partial charge in [0.1, 0.15) is 11.6 Å². The lowest BCUT2D eigenvalue weighted by molar-refractivity contribution is 0.412. The van der Waals surface area contributed by atoms with Gasteiger partial charge in [-0.1, -0.05) is 0 Å². The van der Waals surface area contributed by atoms with E-state index in [1.54, 1.807) is 24.2 Å². The zero-order valence-electron chi connectivity index (χ0n) is 8.64. The minimum atomic E-state index is 0.526. The summed E-state index contributed by atoms with van der Waals surface area (Å²) in [5.74, 6) is 1.22. The second-order valence-corrected chi connectivity index (χ2v) is 3.22. The number of pyridine rings is 1. The summed E-state index contributed by atoms with van der Waals surface area (Å²) in [5.41, 5.74) is 7.44. The monoisotopic (exact) mass is 204 g/mol. The molecule has 15 heavy (non-hydrogen) atoms. The van der Waals surface area contributed by atoms with Crippen LogP contribution in [-0.2, 0) is 0 Å². The van der Waals surface area contributed by atoms with Crippen LogP contribution in [0.25, 0.3) is 5.69 Å². The molecule has 0 radical (unpaired) electrons. The Labute approximate surface area is 87.5 Å². The first-order valence-corrected chi connectivity index (χ1v) is 4.52. The first-order chi connectivity index (χ1) is 7.20. The van der Waals surface area contributed by atoms with Gasteiger partial charge in [-0.15, -0.1) is 0 Å². The van der Waals surface area contributed by atoms with Crippen molar-refractivity contribution in [2.24, 2.45) is 0 Å². The number of anilines is 1. The minimum absolute atomic E-state index is 0.526. The van der Waals surface area contributed by atoms with Crippen LogP contribution in [0.15, 0.2) is 24.7 Å². The van der Waals surface area contributed by atoms with E-state index in [1.807, 2.05) is 19.2 Å². The highest BCUT2D eigenvalue weighted by Crippen LogP contribution is 2.16. The van der Waals surface area contributed by atoms with Crippen molar-refractivity contribution in [3.8, 4) is 11.4 Å². The number of nitrogen functional groups attached to an aromatic ring is 1. The number of hydrogen-bond donors (Lipinski definition) is 1. The van der Waals surface area contributed by atoms with Gasteiger partial charge in [-0.25, -0.2) is 4.68 Å². The average molecular weight is 204 g/mol. The molecular formula is C10H12N4O. The fraction of sp³-hybridized carbons (Fsp3) is 0.200. The zero-order valence-corrected chi connectivity index (χ0v) is 8.64. The maximum atomic E-state index is 5.66. The number of rotatable bonds is 2. The molecule has 0 bridgehead atoms. The molecule has 2 aromatic rings. The van der Waals surface area contributed by atoms with Crippen LogP contribution in [0.3, 0.4) is 0 Å². The molecule has 0 unspecified atom stereocenters. The fourth-order valence-electron chi connectivity index (χ4n) is 1.25. The molecule has 0 amide bonds. The summed E-state index contributed by atoms with van der Waals surface area (Å²) in [6.45, 7) is 1.91. The molecular weight excluding hydrogens is 192 g/mol. The van der Waals surface area contributed by atoms with Crippen molar-refractivity contribution in [3.63, 3.8) is 0 Å². The summed E-state index contributed by atoms with van der Waals surface area (Å²) < 4.78 is 6.76. The second kappa shape index (κ2) is 3.61. The molecule has 2 rings (SSSR count). The second-order valence-electron chi connectivity index (χ2n) is 3.22. The van der Waals surface area contributed by atoms with E-state index in [4.69, 9.17) is 10.5 Å². The maximum absolute atomic E-state index is 5.66. The van der Waals surface area contributed by atoms with E-state index in [0.717, 1.165) is 11.3 Å². The highest BCUT2D eigenvalue weighted by atomic mass is 16.5. The van der Waals surface area contributed by atoms with Crippen molar-refractivity contribution in [2.75, 3.05) is 12.8 Å². The highest BCUT2D eigenvalue weighted by Gasteiger charge is 2.04. The third-order valence-corrected chi connectivity index (χ3v) is 2.13. The predicted molar refractivity (Wildman–Crippen MR) is 57.1 cm³/mol. The Balaban J connectivity index is 2.44. The van der Waals surface area contributed by atoms with Crippen molar-refractivity contribution in [2.45, 2.75) is 6.92 Å². The number of hydrogen-bond acceptors (Lipinski definition) is 4. The molecule has 78 valence electrons. The van der Waals surface area contributed by atoms with Crippen molar-refractivity contribution in [1.82, 2.24) is 14.8 Å². The van der Waals surface area contributed by atoms with Gasteiger partial charge in [0.2, 0.25) is 0 Å². The zero-order chi connectivity index (χ0) is 10.8. The number of ether oxygens (including phenoxy) is 1. The van der Waals surface area contributed by atoms with Gasteiger partial charge in [0.25, 0.3) is 0 Å². The molecule has 2 aromatic heterocycles. The first-order valence-electron chi connectivity index (χ1n) is 4.52. The van der Waals surface area contributed by atoms with Gasteiger partial charge < -0.3 is 10.5 Å². The molecule has 2 heterocycles. The summed E-state index contributed by atoms with van der Waals surface area (Å²) in [5, 5.41) is 4.15. The van der Waals surface area contributed by atoms with E-state index in [0.29, 0.717) is 11.6 Å². The van der Waals surface area contributed by atoms with Crippen molar-refractivity contribution in [3.05, 3.63) is 30.2 Å². The van der Waals surface area contributed by atoms with Crippen LogP contribution in [-0.4, -0.2) is 21.9 Å². The number of nitrogens with two attached hydrogens (primary N) is 1. The molecule has 2 N–H and O–H groups in total. The van der Waals surface area contributed by atoms with Crippen molar-refractivity contribution >= 4 is 5.82 Å². The van der Waals surface area contributed by atoms with Gasteiger partial charge in [0.05, 0.1) is 25.2 Å². The summed E-state index contributed by atoms with van der Waals surface area (Å²) in [6.07, 6.45) is 5.20. The van der Waals surface area contributed by atoms with Crippen molar-refractivity contribution in [1.29, 1.82) is 0 Å². The molecule has 5 heteroatoms. The van der Waals surface area contributed by atoms with Crippen LogP contribution in [0.1, 0.15) is 5.56 Å². The SMILES string of the molecule is COc1cncc(-n2cc(C)c(N)n2)c1. The van der Waals surface area contributed by atoms with Gasteiger partial charge in [-0.3, -0.25) is 4.98 Å². The lowest BCUT2D eigenvalue weighted by Crippen LogP contribution is -1.97. The number of aryl methyl sites for hydroxylation is 1. The van der Waals surface area contributed by atoms with E-state index in [9.17, 15) is 0 Å². The topological polar surface area (TPSA) is 66.0 Å². The largest absolute Gasteiger partial charge is 0.495 e. The van der Waals surface area contributed by atoms with Gasteiger partial charge in [-0.2, -0.15) is 5.10 Å². The smallest absolute Gasteiger partial charge is 0.148 e. The van der Waals surface area contributed by atoms with Crippen LogP contribution in [0.2, 0.25) is 0 Å². The average Bonchev–Trinajstić information content (AvgIpc) is 2.59. The fourth-order valence-corrected chi connectivity index (χ4v) is 1.25. The molecule has 0 aliphatic carbocycles. The maximum Gasteiger partial charge on any atom is 0.148 e. The molecule has 0 spiro atoms. The Morgan fingerprint density at radius 2 is 2.20 bits per heavy atom. The van der Waals surface area contributed by atoms with Crippen LogP contribution in [0.5, 0.6) is 5.75 Å². The third-order valence-electron chi connectivity index (χ3n) is 2.13. The van der Waals surface area contributed by atoms with E-state index in [1.165, 1.54) is 0 Å². The van der Waals surface area contributed by atoms with E-state index in [-0.39, 0.29) is 0 Å². The Morgan fingerprint density at radius 3 is 2.80 bits per heavy atom.